The summed E-state index contributed by atoms with van der Waals surface area (Å²) in [6, 6.07) is 7.59. The van der Waals surface area contributed by atoms with Gasteiger partial charge < -0.3 is 10.4 Å². The van der Waals surface area contributed by atoms with E-state index in [0.717, 1.165) is 19.3 Å². The van der Waals surface area contributed by atoms with Crippen LogP contribution in [0.3, 0.4) is 0 Å². The van der Waals surface area contributed by atoms with Crippen LogP contribution in [0.2, 0.25) is 0 Å². The number of carbonyl (C=O) groups excluding carboxylic acids is 1. The highest BCUT2D eigenvalue weighted by Crippen LogP contribution is 2.43. The number of aliphatic carboxylic acids is 1. The van der Waals surface area contributed by atoms with E-state index in [1.165, 1.54) is 5.56 Å². The lowest BCUT2D eigenvalue weighted by Gasteiger charge is -2.40. The molecule has 21 heavy (non-hydrogen) atoms. The zero-order chi connectivity index (χ0) is 15.5. The normalized spacial score (nSPS) is 16.3. The SMILES string of the molecule is CC(C)c1ccc(C(=O)NCC2(CC(=O)O)CCC2)cc1. The summed E-state index contributed by atoms with van der Waals surface area (Å²) in [7, 11) is 0. The van der Waals surface area contributed by atoms with Crippen LogP contribution in [0, 0.1) is 5.41 Å². The molecule has 1 aromatic carbocycles. The molecule has 2 rings (SSSR count). The molecule has 1 amide bonds. The van der Waals surface area contributed by atoms with Crippen molar-refractivity contribution in [2.75, 3.05) is 6.54 Å². The minimum atomic E-state index is -0.787. The van der Waals surface area contributed by atoms with Gasteiger partial charge >= 0.3 is 5.97 Å². The van der Waals surface area contributed by atoms with Crippen LogP contribution >= 0.6 is 0 Å². The molecule has 1 aliphatic carbocycles. The van der Waals surface area contributed by atoms with Crippen LogP contribution in [-0.2, 0) is 4.79 Å². The van der Waals surface area contributed by atoms with Gasteiger partial charge in [0.25, 0.3) is 5.91 Å². The highest BCUT2D eigenvalue weighted by Gasteiger charge is 2.39. The Bertz CT molecular complexity index is 515. The maximum Gasteiger partial charge on any atom is 0.303 e. The van der Waals surface area contributed by atoms with Crippen LogP contribution < -0.4 is 5.32 Å². The number of carboxylic acids is 1. The zero-order valence-corrected chi connectivity index (χ0v) is 12.7. The van der Waals surface area contributed by atoms with E-state index in [0.29, 0.717) is 18.0 Å². The second-order valence-corrected chi connectivity index (χ2v) is 6.38. The topological polar surface area (TPSA) is 66.4 Å². The van der Waals surface area contributed by atoms with Crippen molar-refractivity contribution in [2.24, 2.45) is 5.41 Å². The number of benzene rings is 1. The molecule has 0 heterocycles. The van der Waals surface area contributed by atoms with E-state index in [4.69, 9.17) is 5.11 Å². The van der Waals surface area contributed by atoms with Crippen molar-refractivity contribution >= 4 is 11.9 Å². The molecule has 1 aromatic rings. The van der Waals surface area contributed by atoms with E-state index >= 15 is 0 Å². The average molecular weight is 289 g/mol. The lowest BCUT2D eigenvalue weighted by molar-refractivity contribution is -0.141. The lowest BCUT2D eigenvalue weighted by atomic mass is 9.66. The predicted molar refractivity (Wildman–Crippen MR) is 81.4 cm³/mol. The molecular formula is C17H23NO3. The third-order valence-corrected chi connectivity index (χ3v) is 4.40. The first-order valence-electron chi connectivity index (χ1n) is 7.52. The minimum absolute atomic E-state index is 0.123. The van der Waals surface area contributed by atoms with E-state index < -0.39 is 5.97 Å². The Balaban J connectivity index is 1.93. The minimum Gasteiger partial charge on any atom is -0.481 e. The lowest BCUT2D eigenvalue weighted by Crippen LogP contribution is -2.43. The quantitative estimate of drug-likeness (QED) is 0.845. The molecule has 0 bridgehead atoms. The number of hydrogen-bond donors (Lipinski definition) is 2. The standard InChI is InChI=1S/C17H23NO3/c1-12(2)13-4-6-14(7-5-13)16(21)18-11-17(8-3-9-17)10-15(19)20/h4-7,12H,3,8-11H2,1-2H3,(H,18,21)(H,19,20). The summed E-state index contributed by atoms with van der Waals surface area (Å²) in [6.07, 6.45) is 2.95. The van der Waals surface area contributed by atoms with E-state index in [1.807, 2.05) is 24.3 Å². The first-order chi connectivity index (χ1) is 9.92. The fourth-order valence-corrected chi connectivity index (χ4v) is 2.80. The molecule has 4 nitrogen and oxygen atoms in total. The van der Waals surface area contributed by atoms with Gasteiger partial charge in [0.15, 0.2) is 0 Å². The molecule has 114 valence electrons. The molecule has 0 saturated heterocycles. The van der Waals surface area contributed by atoms with Crippen LogP contribution in [0.5, 0.6) is 0 Å². The molecule has 0 spiro atoms. The number of carboxylic acid groups (broad SMARTS) is 1. The Labute approximate surface area is 125 Å². The summed E-state index contributed by atoms with van der Waals surface area (Å²) in [4.78, 5) is 23.1. The summed E-state index contributed by atoms with van der Waals surface area (Å²) in [5.41, 5.74) is 1.59. The van der Waals surface area contributed by atoms with Gasteiger partial charge in [-0.3, -0.25) is 9.59 Å². The van der Waals surface area contributed by atoms with Gasteiger partial charge in [0.05, 0.1) is 6.42 Å². The van der Waals surface area contributed by atoms with Gasteiger partial charge in [0, 0.05) is 12.1 Å². The van der Waals surface area contributed by atoms with Crippen molar-refractivity contribution in [3.05, 3.63) is 35.4 Å². The maximum absolute atomic E-state index is 12.1. The van der Waals surface area contributed by atoms with Crippen molar-refractivity contribution in [2.45, 2.75) is 45.4 Å². The van der Waals surface area contributed by atoms with E-state index in [2.05, 4.69) is 19.2 Å². The summed E-state index contributed by atoms with van der Waals surface area (Å²) in [5, 5.41) is 11.9. The smallest absolute Gasteiger partial charge is 0.303 e. The molecule has 0 aliphatic heterocycles. The first kappa shape index (κ1) is 15.5. The largest absolute Gasteiger partial charge is 0.481 e. The molecule has 0 aromatic heterocycles. The molecule has 1 aliphatic rings. The summed E-state index contributed by atoms with van der Waals surface area (Å²) in [6.45, 7) is 4.67. The molecule has 0 unspecified atom stereocenters. The third kappa shape index (κ3) is 3.84. The van der Waals surface area contributed by atoms with Crippen molar-refractivity contribution in [3.63, 3.8) is 0 Å². The Morgan fingerprint density at radius 1 is 1.24 bits per heavy atom. The fraction of sp³-hybridized carbons (Fsp3) is 0.529. The van der Waals surface area contributed by atoms with Crippen LogP contribution in [0.15, 0.2) is 24.3 Å². The highest BCUT2D eigenvalue weighted by molar-refractivity contribution is 5.94. The molecule has 2 N–H and O–H groups in total. The molecule has 0 atom stereocenters. The summed E-state index contributed by atoms with van der Waals surface area (Å²) in [5.74, 6) is -0.469. The van der Waals surface area contributed by atoms with Crippen molar-refractivity contribution in [1.29, 1.82) is 0 Å². The van der Waals surface area contributed by atoms with E-state index in [9.17, 15) is 9.59 Å². The van der Waals surface area contributed by atoms with Crippen LogP contribution in [0.4, 0.5) is 0 Å². The number of nitrogens with one attached hydrogen (secondary N) is 1. The first-order valence-corrected chi connectivity index (χ1v) is 7.52. The maximum atomic E-state index is 12.1. The molecular weight excluding hydrogens is 266 g/mol. The van der Waals surface area contributed by atoms with E-state index in [1.54, 1.807) is 0 Å². The third-order valence-electron chi connectivity index (χ3n) is 4.40. The summed E-state index contributed by atoms with van der Waals surface area (Å²) < 4.78 is 0. The monoisotopic (exact) mass is 289 g/mol. The molecule has 0 radical (unpaired) electrons. The van der Waals surface area contributed by atoms with Crippen LogP contribution in [-0.4, -0.2) is 23.5 Å². The predicted octanol–water partition coefficient (Wildman–Crippen LogP) is 3.18. The van der Waals surface area contributed by atoms with Gasteiger partial charge in [-0.15, -0.1) is 0 Å². The van der Waals surface area contributed by atoms with Gasteiger partial charge in [0.1, 0.15) is 0 Å². The van der Waals surface area contributed by atoms with Crippen molar-refractivity contribution < 1.29 is 14.7 Å². The Morgan fingerprint density at radius 2 is 1.86 bits per heavy atom. The number of rotatable bonds is 6. The van der Waals surface area contributed by atoms with Gasteiger partial charge in [0.2, 0.25) is 0 Å². The van der Waals surface area contributed by atoms with Gasteiger partial charge in [-0.1, -0.05) is 32.4 Å². The van der Waals surface area contributed by atoms with Crippen LogP contribution in [0.25, 0.3) is 0 Å². The Hall–Kier alpha value is -1.84. The number of carbonyl (C=O) groups is 2. The zero-order valence-electron chi connectivity index (χ0n) is 12.7. The van der Waals surface area contributed by atoms with E-state index in [-0.39, 0.29) is 17.7 Å². The Kier molecular flexibility index (Phi) is 4.66. The molecule has 4 heteroatoms. The van der Waals surface area contributed by atoms with Gasteiger partial charge in [-0.2, -0.15) is 0 Å². The van der Waals surface area contributed by atoms with Crippen molar-refractivity contribution in [3.8, 4) is 0 Å². The molecule has 1 saturated carbocycles. The second kappa shape index (κ2) is 6.29. The average Bonchev–Trinajstić information content (AvgIpc) is 2.41. The van der Waals surface area contributed by atoms with Gasteiger partial charge in [-0.05, 0) is 41.9 Å². The van der Waals surface area contributed by atoms with Gasteiger partial charge in [-0.25, -0.2) is 0 Å². The summed E-state index contributed by atoms with van der Waals surface area (Å²) >= 11 is 0. The highest BCUT2D eigenvalue weighted by atomic mass is 16.4. The second-order valence-electron chi connectivity index (χ2n) is 6.38. The molecule has 1 fully saturated rings. The van der Waals surface area contributed by atoms with Crippen LogP contribution in [0.1, 0.15) is 61.4 Å². The number of amides is 1. The Morgan fingerprint density at radius 3 is 2.29 bits per heavy atom. The fourth-order valence-electron chi connectivity index (χ4n) is 2.80. The number of hydrogen-bond acceptors (Lipinski definition) is 2. The van der Waals surface area contributed by atoms with Crippen molar-refractivity contribution in [1.82, 2.24) is 5.32 Å².